The van der Waals surface area contributed by atoms with E-state index < -0.39 is 0 Å². The van der Waals surface area contributed by atoms with Crippen molar-refractivity contribution in [3.05, 3.63) is 22.8 Å². The molecule has 1 aromatic rings. The number of hydrogen-bond acceptors (Lipinski definition) is 3. The number of anilines is 1. The van der Waals surface area contributed by atoms with Gasteiger partial charge in [-0.3, -0.25) is 4.79 Å². The number of nitrogens with zero attached hydrogens (tertiary/aromatic N) is 3. The fourth-order valence-electron chi connectivity index (χ4n) is 1.74. The van der Waals surface area contributed by atoms with Crippen LogP contribution >= 0.6 is 15.9 Å². The molecule has 0 unspecified atom stereocenters. The maximum absolute atomic E-state index is 11.7. The molecule has 0 atom stereocenters. The lowest BCUT2D eigenvalue weighted by atomic mass is 10.3. The van der Waals surface area contributed by atoms with Gasteiger partial charge < -0.3 is 9.80 Å². The van der Waals surface area contributed by atoms with Crippen LogP contribution in [-0.4, -0.2) is 42.5 Å². The van der Waals surface area contributed by atoms with Gasteiger partial charge in [-0.15, -0.1) is 0 Å². The molecule has 1 amide bonds. The molecule has 2 heterocycles. The van der Waals surface area contributed by atoms with Crippen molar-refractivity contribution in [1.82, 2.24) is 9.88 Å². The molecule has 0 saturated carbocycles. The quantitative estimate of drug-likeness (QED) is 0.784. The number of halogens is 1. The van der Waals surface area contributed by atoms with E-state index in [9.17, 15) is 4.79 Å². The second-order valence-electron chi connectivity index (χ2n) is 3.93. The third-order valence-corrected chi connectivity index (χ3v) is 3.18. The summed E-state index contributed by atoms with van der Waals surface area (Å²) in [5, 5.41) is 0. The molecule has 0 bridgehead atoms. The molecule has 0 N–H and O–H groups in total. The van der Waals surface area contributed by atoms with E-state index in [1.165, 1.54) is 0 Å². The van der Waals surface area contributed by atoms with Crippen LogP contribution < -0.4 is 4.90 Å². The van der Waals surface area contributed by atoms with Gasteiger partial charge in [0.05, 0.1) is 6.54 Å². The van der Waals surface area contributed by atoms with Gasteiger partial charge in [-0.1, -0.05) is 0 Å². The van der Waals surface area contributed by atoms with Crippen LogP contribution in [0.15, 0.2) is 22.8 Å². The third-order valence-electron chi connectivity index (χ3n) is 2.71. The van der Waals surface area contributed by atoms with Gasteiger partial charge in [-0.2, -0.15) is 0 Å². The average molecular weight is 284 g/mol. The highest BCUT2D eigenvalue weighted by molar-refractivity contribution is 9.10. The van der Waals surface area contributed by atoms with E-state index in [0.29, 0.717) is 6.54 Å². The van der Waals surface area contributed by atoms with Crippen molar-refractivity contribution in [3.8, 4) is 0 Å². The molecule has 4 nitrogen and oxygen atoms in total. The van der Waals surface area contributed by atoms with Crippen molar-refractivity contribution in [1.29, 1.82) is 0 Å². The third kappa shape index (κ3) is 2.52. The topological polar surface area (TPSA) is 36.4 Å². The monoisotopic (exact) mass is 283 g/mol. The van der Waals surface area contributed by atoms with Gasteiger partial charge >= 0.3 is 0 Å². The van der Waals surface area contributed by atoms with Crippen LogP contribution in [-0.2, 0) is 4.79 Å². The second-order valence-corrected chi connectivity index (χ2v) is 4.84. The van der Waals surface area contributed by atoms with Crippen molar-refractivity contribution < 1.29 is 4.79 Å². The number of rotatable bonds is 1. The number of hydrogen-bond donors (Lipinski definition) is 0. The minimum atomic E-state index is 0.155. The molecule has 1 saturated heterocycles. The summed E-state index contributed by atoms with van der Waals surface area (Å²) >= 11 is 3.35. The molecule has 1 aliphatic heterocycles. The Morgan fingerprint density at radius 2 is 2.19 bits per heavy atom. The highest BCUT2D eigenvalue weighted by Gasteiger charge is 2.19. The first kappa shape index (κ1) is 11.4. The zero-order valence-electron chi connectivity index (χ0n) is 9.19. The minimum Gasteiger partial charge on any atom is -0.347 e. The van der Waals surface area contributed by atoms with E-state index in [1.54, 1.807) is 11.1 Å². The highest BCUT2D eigenvalue weighted by Crippen LogP contribution is 2.16. The molecule has 0 radical (unpaired) electrons. The predicted molar refractivity (Wildman–Crippen MR) is 66.4 cm³/mol. The molecule has 1 fully saturated rings. The molecule has 1 aromatic heterocycles. The van der Waals surface area contributed by atoms with E-state index in [0.717, 1.165) is 29.8 Å². The maximum atomic E-state index is 11.7. The van der Waals surface area contributed by atoms with Gasteiger partial charge in [0, 0.05) is 30.8 Å². The van der Waals surface area contributed by atoms with Gasteiger partial charge in [0.25, 0.3) is 0 Å². The van der Waals surface area contributed by atoms with Crippen molar-refractivity contribution in [3.63, 3.8) is 0 Å². The Bertz CT molecular complexity index is 379. The van der Waals surface area contributed by atoms with Crippen LogP contribution in [0.4, 0.5) is 5.82 Å². The minimum absolute atomic E-state index is 0.155. The van der Waals surface area contributed by atoms with Gasteiger partial charge in [0.1, 0.15) is 5.82 Å². The summed E-state index contributed by atoms with van der Waals surface area (Å²) in [6, 6.07) is 3.88. The van der Waals surface area contributed by atoms with E-state index in [1.807, 2.05) is 24.1 Å². The van der Waals surface area contributed by atoms with Crippen molar-refractivity contribution in [2.24, 2.45) is 0 Å². The molecule has 0 aromatic carbocycles. The molecule has 1 aliphatic rings. The second kappa shape index (κ2) is 4.82. The number of carbonyl (C=O) groups excluding carboxylic acids is 1. The zero-order valence-corrected chi connectivity index (χ0v) is 10.8. The molecule has 0 spiro atoms. The van der Waals surface area contributed by atoms with E-state index in [2.05, 4.69) is 20.9 Å². The summed E-state index contributed by atoms with van der Waals surface area (Å²) in [7, 11) is 1.85. The summed E-state index contributed by atoms with van der Waals surface area (Å²) in [5.74, 6) is 1.02. The Labute approximate surface area is 103 Å². The molecule has 2 rings (SSSR count). The summed E-state index contributed by atoms with van der Waals surface area (Å²) in [6.45, 7) is 2.13. The SMILES string of the molecule is CN1CCCN(c2ccc(Br)cn2)CC1=O. The van der Waals surface area contributed by atoms with Crippen molar-refractivity contribution >= 4 is 27.7 Å². The van der Waals surface area contributed by atoms with Gasteiger partial charge in [-0.05, 0) is 34.5 Å². The standard InChI is InChI=1S/C11H14BrN3O/c1-14-5-2-6-15(8-11(14)16)10-4-3-9(12)7-13-10/h3-4,7H,2,5-6,8H2,1H3. The Morgan fingerprint density at radius 1 is 1.38 bits per heavy atom. The van der Waals surface area contributed by atoms with Crippen molar-refractivity contribution in [2.45, 2.75) is 6.42 Å². The lowest BCUT2D eigenvalue weighted by molar-refractivity contribution is -0.127. The Balaban J connectivity index is 2.14. The van der Waals surface area contributed by atoms with Crippen LogP contribution in [0, 0.1) is 0 Å². The molecule has 5 heteroatoms. The lowest BCUT2D eigenvalue weighted by Crippen LogP contribution is -2.34. The normalized spacial score (nSPS) is 17.5. The van der Waals surface area contributed by atoms with Crippen LogP contribution in [0.5, 0.6) is 0 Å². The molecular weight excluding hydrogens is 270 g/mol. The highest BCUT2D eigenvalue weighted by atomic mass is 79.9. The Morgan fingerprint density at radius 3 is 2.88 bits per heavy atom. The fourth-order valence-corrected chi connectivity index (χ4v) is 1.97. The summed E-state index contributed by atoms with van der Waals surface area (Å²) in [5.41, 5.74) is 0. The molecular formula is C11H14BrN3O. The van der Waals surface area contributed by atoms with Crippen LogP contribution in [0.3, 0.4) is 0 Å². The van der Waals surface area contributed by atoms with E-state index in [-0.39, 0.29) is 5.91 Å². The zero-order chi connectivity index (χ0) is 11.5. The lowest BCUT2D eigenvalue weighted by Gasteiger charge is -2.20. The number of amides is 1. The Kier molecular flexibility index (Phi) is 3.43. The largest absolute Gasteiger partial charge is 0.347 e. The first-order valence-electron chi connectivity index (χ1n) is 5.27. The maximum Gasteiger partial charge on any atom is 0.241 e. The number of aromatic nitrogens is 1. The first-order chi connectivity index (χ1) is 7.66. The summed E-state index contributed by atoms with van der Waals surface area (Å²) in [6.07, 6.45) is 2.74. The van der Waals surface area contributed by atoms with Gasteiger partial charge in [-0.25, -0.2) is 4.98 Å². The van der Waals surface area contributed by atoms with Crippen LogP contribution in [0.25, 0.3) is 0 Å². The number of carbonyl (C=O) groups is 1. The summed E-state index contributed by atoms with van der Waals surface area (Å²) < 4.78 is 0.953. The Hall–Kier alpha value is -1.10. The van der Waals surface area contributed by atoms with Crippen molar-refractivity contribution in [2.75, 3.05) is 31.6 Å². The molecule has 0 aliphatic carbocycles. The number of pyridine rings is 1. The molecule has 86 valence electrons. The van der Waals surface area contributed by atoms with Gasteiger partial charge in [0.15, 0.2) is 0 Å². The predicted octanol–water partition coefficient (Wildman–Crippen LogP) is 1.51. The average Bonchev–Trinajstić information content (AvgIpc) is 2.43. The first-order valence-corrected chi connectivity index (χ1v) is 6.06. The fraction of sp³-hybridized carbons (Fsp3) is 0.455. The van der Waals surface area contributed by atoms with Gasteiger partial charge in [0.2, 0.25) is 5.91 Å². The van der Waals surface area contributed by atoms with Crippen LogP contribution in [0.2, 0.25) is 0 Å². The van der Waals surface area contributed by atoms with E-state index >= 15 is 0 Å². The van der Waals surface area contributed by atoms with E-state index in [4.69, 9.17) is 0 Å². The number of likely N-dealkylation sites (N-methyl/N-ethyl adjacent to an activating group) is 1. The smallest absolute Gasteiger partial charge is 0.241 e. The summed E-state index contributed by atoms with van der Waals surface area (Å²) in [4.78, 5) is 19.8. The van der Waals surface area contributed by atoms with Crippen LogP contribution in [0.1, 0.15) is 6.42 Å². The molecule has 16 heavy (non-hydrogen) atoms.